The molecule has 0 saturated heterocycles. The Labute approximate surface area is 132 Å². The molecule has 0 amide bonds. The molecule has 1 aromatic rings. The Bertz CT molecular complexity index is 448. The lowest BCUT2D eigenvalue weighted by atomic mass is 10.1. The first-order valence-electron chi connectivity index (χ1n) is 7.41. The zero-order valence-corrected chi connectivity index (χ0v) is 12.7. The highest BCUT2D eigenvalue weighted by molar-refractivity contribution is 5.89. The fourth-order valence-electron chi connectivity index (χ4n) is 1.93. The summed E-state index contributed by atoms with van der Waals surface area (Å²) in [7, 11) is 0. The minimum atomic E-state index is -4.60. The van der Waals surface area contributed by atoms with Gasteiger partial charge in [-0.3, -0.25) is 0 Å². The molecule has 0 aliphatic heterocycles. The molecule has 1 rings (SSSR count). The Balaban J connectivity index is 2.40. The van der Waals surface area contributed by atoms with Crippen LogP contribution in [0.3, 0.4) is 0 Å². The highest BCUT2D eigenvalue weighted by Gasteiger charge is 2.42. The van der Waals surface area contributed by atoms with Crippen molar-refractivity contribution in [1.29, 1.82) is 0 Å². The molecule has 0 aliphatic carbocycles. The van der Waals surface area contributed by atoms with E-state index >= 15 is 0 Å². The van der Waals surface area contributed by atoms with Gasteiger partial charge < -0.3 is 9.47 Å². The normalized spacial score (nSPS) is 12.9. The number of unbranched alkanes of at least 4 members (excludes halogenated alkanes) is 2. The molecule has 1 atom stereocenters. The summed E-state index contributed by atoms with van der Waals surface area (Å²) < 4.78 is 60.1. The monoisotopic (exact) mass is 336 g/mol. The summed E-state index contributed by atoms with van der Waals surface area (Å²) in [6.07, 6.45) is -5.76. The van der Waals surface area contributed by atoms with Crippen molar-refractivity contribution < 1.29 is 31.8 Å². The van der Waals surface area contributed by atoms with Crippen LogP contribution in [-0.2, 0) is 9.47 Å². The Kier molecular flexibility index (Phi) is 8.61. The predicted octanol–water partition coefficient (Wildman–Crippen LogP) is 4.32. The number of hydrogen-bond acceptors (Lipinski definition) is 3. The minimum absolute atomic E-state index is 0.000134. The number of carbonyl (C=O) groups is 1. The van der Waals surface area contributed by atoms with E-state index in [0.717, 1.165) is 0 Å². The molecule has 0 aromatic heterocycles. The van der Waals surface area contributed by atoms with E-state index in [4.69, 9.17) is 4.74 Å². The third-order valence-electron chi connectivity index (χ3n) is 3.10. The molecule has 0 saturated carbocycles. The number of benzene rings is 1. The van der Waals surface area contributed by atoms with E-state index in [-0.39, 0.29) is 25.0 Å². The standard InChI is InChI=1S/C16H20F4O3/c17-10-12-22-11-6-2-5-9-14(16(18,19)20)23-15(21)13-7-3-1-4-8-13/h1,3-4,7-8,14H,2,5-6,9-12H2. The van der Waals surface area contributed by atoms with E-state index in [0.29, 0.717) is 19.4 Å². The lowest BCUT2D eigenvalue weighted by molar-refractivity contribution is -0.206. The van der Waals surface area contributed by atoms with Crippen LogP contribution in [0.2, 0.25) is 0 Å². The van der Waals surface area contributed by atoms with Gasteiger partial charge in [-0.25, -0.2) is 9.18 Å². The lowest BCUT2D eigenvalue weighted by Crippen LogP contribution is -2.33. The second kappa shape index (κ2) is 10.2. The van der Waals surface area contributed by atoms with Crippen LogP contribution in [0, 0.1) is 0 Å². The molecule has 0 bridgehead atoms. The minimum Gasteiger partial charge on any atom is -0.449 e. The van der Waals surface area contributed by atoms with Gasteiger partial charge in [-0.2, -0.15) is 13.2 Å². The SMILES string of the molecule is O=C(OC(CCCCCOCCF)C(F)(F)F)c1ccccc1. The van der Waals surface area contributed by atoms with Gasteiger partial charge in [0.15, 0.2) is 6.10 Å². The molecule has 0 spiro atoms. The van der Waals surface area contributed by atoms with Crippen LogP contribution in [0.1, 0.15) is 36.0 Å². The van der Waals surface area contributed by atoms with E-state index in [2.05, 4.69) is 4.74 Å². The van der Waals surface area contributed by atoms with Crippen LogP contribution in [0.5, 0.6) is 0 Å². The second-order valence-corrected chi connectivity index (χ2v) is 4.95. The van der Waals surface area contributed by atoms with Crippen LogP contribution < -0.4 is 0 Å². The number of halogens is 4. The largest absolute Gasteiger partial charge is 0.449 e. The maximum absolute atomic E-state index is 12.9. The van der Waals surface area contributed by atoms with Gasteiger partial charge in [0.2, 0.25) is 0 Å². The van der Waals surface area contributed by atoms with E-state index in [1.165, 1.54) is 12.1 Å². The Morgan fingerprint density at radius 1 is 1.04 bits per heavy atom. The summed E-state index contributed by atoms with van der Waals surface area (Å²) in [5.74, 6) is -0.987. The molecular formula is C16H20F4O3. The van der Waals surface area contributed by atoms with E-state index in [1.54, 1.807) is 18.2 Å². The van der Waals surface area contributed by atoms with Gasteiger partial charge in [-0.1, -0.05) is 24.6 Å². The van der Waals surface area contributed by atoms with Crippen molar-refractivity contribution in [2.45, 2.75) is 38.0 Å². The van der Waals surface area contributed by atoms with Crippen molar-refractivity contribution >= 4 is 5.97 Å². The zero-order valence-electron chi connectivity index (χ0n) is 12.7. The number of rotatable bonds is 10. The van der Waals surface area contributed by atoms with Gasteiger partial charge >= 0.3 is 12.1 Å². The number of carbonyl (C=O) groups excluding carboxylic acids is 1. The summed E-state index contributed by atoms with van der Waals surface area (Å²) in [6.45, 7) is -0.268. The molecule has 0 N–H and O–H groups in total. The van der Waals surface area contributed by atoms with Crippen molar-refractivity contribution in [2.75, 3.05) is 19.9 Å². The highest BCUT2D eigenvalue weighted by atomic mass is 19.4. The van der Waals surface area contributed by atoms with Gasteiger partial charge in [-0.15, -0.1) is 0 Å². The number of ether oxygens (including phenoxy) is 2. The maximum atomic E-state index is 12.9. The molecule has 1 unspecified atom stereocenters. The van der Waals surface area contributed by atoms with Crippen LogP contribution in [-0.4, -0.2) is 38.1 Å². The van der Waals surface area contributed by atoms with E-state index in [1.807, 2.05) is 0 Å². The Morgan fingerprint density at radius 2 is 1.74 bits per heavy atom. The van der Waals surface area contributed by atoms with Crippen molar-refractivity contribution in [3.05, 3.63) is 35.9 Å². The zero-order chi connectivity index (χ0) is 17.1. The van der Waals surface area contributed by atoms with Crippen molar-refractivity contribution in [2.24, 2.45) is 0 Å². The Morgan fingerprint density at radius 3 is 2.35 bits per heavy atom. The molecule has 130 valence electrons. The molecule has 3 nitrogen and oxygen atoms in total. The topological polar surface area (TPSA) is 35.5 Å². The molecule has 0 aliphatic rings. The van der Waals surface area contributed by atoms with Crippen molar-refractivity contribution in [1.82, 2.24) is 0 Å². The number of hydrogen-bond donors (Lipinski definition) is 0. The van der Waals surface area contributed by atoms with Crippen LogP contribution in [0.15, 0.2) is 30.3 Å². The van der Waals surface area contributed by atoms with Gasteiger partial charge in [-0.05, 0) is 31.4 Å². The van der Waals surface area contributed by atoms with Crippen molar-refractivity contribution in [3.63, 3.8) is 0 Å². The second-order valence-electron chi connectivity index (χ2n) is 4.95. The summed E-state index contributed by atoms with van der Waals surface area (Å²) in [6, 6.07) is 7.56. The lowest BCUT2D eigenvalue weighted by Gasteiger charge is -2.20. The summed E-state index contributed by atoms with van der Waals surface area (Å²) >= 11 is 0. The average molecular weight is 336 g/mol. The molecule has 0 heterocycles. The molecule has 0 fully saturated rings. The first kappa shape index (κ1) is 19.4. The number of esters is 1. The quantitative estimate of drug-likeness (QED) is 0.363. The number of alkyl halides is 4. The molecule has 7 heteroatoms. The fraction of sp³-hybridized carbons (Fsp3) is 0.562. The van der Waals surface area contributed by atoms with Crippen LogP contribution in [0.25, 0.3) is 0 Å². The Hall–Kier alpha value is -1.63. The van der Waals surface area contributed by atoms with E-state index in [9.17, 15) is 22.4 Å². The maximum Gasteiger partial charge on any atom is 0.425 e. The van der Waals surface area contributed by atoms with Crippen molar-refractivity contribution in [3.8, 4) is 0 Å². The smallest absolute Gasteiger partial charge is 0.425 e. The van der Waals surface area contributed by atoms with Gasteiger partial charge in [0.25, 0.3) is 0 Å². The molecule has 0 radical (unpaired) electrons. The first-order chi connectivity index (χ1) is 10.9. The fourth-order valence-corrected chi connectivity index (χ4v) is 1.93. The summed E-state index contributed by atoms with van der Waals surface area (Å²) in [4.78, 5) is 11.7. The van der Waals surface area contributed by atoms with E-state index < -0.39 is 24.9 Å². The van der Waals surface area contributed by atoms with Gasteiger partial charge in [0.1, 0.15) is 6.67 Å². The van der Waals surface area contributed by atoms with Gasteiger partial charge in [0, 0.05) is 6.61 Å². The molecule has 23 heavy (non-hydrogen) atoms. The highest BCUT2D eigenvalue weighted by Crippen LogP contribution is 2.28. The van der Waals surface area contributed by atoms with Crippen LogP contribution in [0.4, 0.5) is 17.6 Å². The average Bonchev–Trinajstić information content (AvgIpc) is 2.52. The summed E-state index contributed by atoms with van der Waals surface area (Å²) in [5.41, 5.74) is 0.0846. The third kappa shape index (κ3) is 7.97. The summed E-state index contributed by atoms with van der Waals surface area (Å²) in [5, 5.41) is 0. The molecular weight excluding hydrogens is 316 g/mol. The predicted molar refractivity (Wildman–Crippen MR) is 77.0 cm³/mol. The van der Waals surface area contributed by atoms with Crippen LogP contribution >= 0.6 is 0 Å². The molecule has 1 aromatic carbocycles. The third-order valence-corrected chi connectivity index (χ3v) is 3.10. The van der Waals surface area contributed by atoms with Gasteiger partial charge in [0.05, 0.1) is 12.2 Å². The first-order valence-corrected chi connectivity index (χ1v) is 7.41.